The van der Waals surface area contributed by atoms with E-state index in [0.717, 1.165) is 31.1 Å². The highest BCUT2D eigenvalue weighted by Crippen LogP contribution is 2.76. The number of rotatable bonds is 13. The molecular weight excluding hydrogens is 1020 g/mol. The van der Waals surface area contributed by atoms with E-state index in [-0.39, 0.29) is 58.0 Å². The summed E-state index contributed by atoms with van der Waals surface area (Å²) in [6.07, 6.45) is -16.6. The molecule has 10 N–H and O–H groups in total. The van der Waals surface area contributed by atoms with E-state index < -0.39 is 138 Å². The Kier molecular flexibility index (Phi) is 16.1. The molecule has 3 heterocycles. The normalized spacial score (nSPS) is 47.9. The van der Waals surface area contributed by atoms with Gasteiger partial charge in [0, 0.05) is 16.2 Å². The largest absolute Gasteiger partial charge is 0.502 e. The van der Waals surface area contributed by atoms with Crippen molar-refractivity contribution < 1.29 is 108 Å². The molecule has 0 radical (unpaired) electrons. The van der Waals surface area contributed by atoms with Gasteiger partial charge in [-0.25, -0.2) is 9.59 Å². The molecule has 22 nitrogen and oxygen atoms in total. The number of carboxylic acids is 1. The lowest BCUT2D eigenvalue weighted by Gasteiger charge is -2.72. The van der Waals surface area contributed by atoms with Crippen LogP contribution in [0.3, 0.4) is 0 Å². The van der Waals surface area contributed by atoms with E-state index in [1.165, 1.54) is 33.3 Å². The first kappa shape index (κ1) is 59.0. The summed E-state index contributed by atoms with van der Waals surface area (Å²) in [6.45, 7) is 13.7. The Hall–Kier alpha value is -3.59. The summed E-state index contributed by atoms with van der Waals surface area (Å²) in [7, 11) is 2.74. The Morgan fingerprint density at radius 2 is 1.36 bits per heavy atom. The van der Waals surface area contributed by atoms with Gasteiger partial charge in [0.15, 0.2) is 36.5 Å². The third-order valence-electron chi connectivity index (χ3n) is 20.9. The first-order valence-corrected chi connectivity index (χ1v) is 27.4. The molecule has 1 aromatic rings. The van der Waals surface area contributed by atoms with Crippen molar-refractivity contribution in [1.29, 1.82) is 0 Å². The van der Waals surface area contributed by atoms with E-state index in [2.05, 4.69) is 26.8 Å². The third-order valence-corrected chi connectivity index (χ3v) is 20.9. The molecule has 0 amide bonds. The van der Waals surface area contributed by atoms with Crippen molar-refractivity contribution in [3.8, 4) is 17.2 Å². The van der Waals surface area contributed by atoms with Crippen LogP contribution in [0.1, 0.15) is 117 Å². The molecule has 24 atom stereocenters. The second kappa shape index (κ2) is 21.3. The maximum absolute atomic E-state index is 14.2. The molecule has 5 aliphatic carbocycles. The van der Waals surface area contributed by atoms with Crippen LogP contribution in [0.5, 0.6) is 17.2 Å². The van der Waals surface area contributed by atoms with Gasteiger partial charge in [-0.2, -0.15) is 0 Å². The van der Waals surface area contributed by atoms with Crippen LogP contribution in [0, 0.1) is 50.2 Å². The van der Waals surface area contributed by atoms with Crippen molar-refractivity contribution in [3.63, 3.8) is 0 Å². The van der Waals surface area contributed by atoms with E-state index in [1.54, 1.807) is 0 Å². The predicted octanol–water partition coefficient (Wildman–Crippen LogP) is 2.11. The number of benzene rings is 1. The summed E-state index contributed by atoms with van der Waals surface area (Å²) in [5.41, 5.74) is -2.27. The highest BCUT2D eigenvalue weighted by Gasteiger charge is 2.71. The van der Waals surface area contributed by atoms with Gasteiger partial charge in [0.05, 0.1) is 44.7 Å². The highest BCUT2D eigenvalue weighted by atomic mass is 16.8. The summed E-state index contributed by atoms with van der Waals surface area (Å²) < 4.78 is 52.7. The molecule has 3 aliphatic heterocycles. The van der Waals surface area contributed by atoms with Gasteiger partial charge in [0.1, 0.15) is 67.8 Å². The van der Waals surface area contributed by atoms with E-state index >= 15 is 0 Å². The number of hydrogen-bond acceptors (Lipinski definition) is 21. The number of aliphatic carboxylic acids is 1. The Labute approximate surface area is 453 Å². The van der Waals surface area contributed by atoms with E-state index in [1.807, 2.05) is 20.8 Å². The second-order valence-electron chi connectivity index (χ2n) is 25.4. The lowest BCUT2D eigenvalue weighted by atomic mass is 9.32. The topological polar surface area (TPSA) is 337 Å². The fourth-order valence-corrected chi connectivity index (χ4v) is 16.0. The SMILES string of the molecule is COc1cc(C(=O)OC[C@]2(C)C=C3[C@@H]4CC[C@H]5[C@]6(C=O)CC[C@@H](O[C@@H]7O[C@@H](C(=O)O)[C@H](O)[C@H](O)[C@@H]7O[C@H]7OC[C@H](O)[C@H](O)[C@@H]7O[C@@H]7O[C@@H](C)[C@H](O)[C@H](O)[C@@H]7O)C(C)(C)[C@H]6CC[C@]5(C)[C@]4(C)CC[C@]3(C)[C@H](O)C2)cc(OC)c1O. The van der Waals surface area contributed by atoms with Crippen LogP contribution < -0.4 is 9.47 Å². The van der Waals surface area contributed by atoms with Gasteiger partial charge >= 0.3 is 11.9 Å². The average Bonchev–Trinajstić information content (AvgIpc) is 3.40. The van der Waals surface area contributed by atoms with Crippen LogP contribution in [-0.2, 0) is 42.7 Å². The summed E-state index contributed by atoms with van der Waals surface area (Å²) in [5.74, 6) is -2.65. The molecule has 22 heteroatoms. The maximum atomic E-state index is 14.2. The molecule has 8 aliphatic rings. The number of phenolic OH excluding ortho intramolecular Hbond substituents is 1. The standard InChI is InChI=1S/C56H82O22/c1-25-36(60)39(63)42(66)48(74-25)77-44-37(61)29(58)22-72-49(44)78-45-41(65)40(64)43(46(67)68)76-50(45)75-35-13-15-56(23-57)32(51(35,2)3)12-14-55(7)33(56)11-10-27-28-20-52(4,21-34(59)53(28,5)16-17-54(27,55)6)24-73-47(69)26-18-30(70-8)38(62)31(19-26)71-9/h18-20,23,25,27,29,32-37,39-45,48-50,58-66H,10-17,21-22,24H2,1-9H3,(H,67,68)/t25-,27-,29-,32+,33+,34+,35+,36-,37-,39-,40+,41-,42-,43+,44-,45-,48-,49+,50+,52+,53-,54+,55-,56-/m0/s1. The number of aldehydes is 1. The minimum Gasteiger partial charge on any atom is -0.502 e. The molecule has 3 saturated heterocycles. The van der Waals surface area contributed by atoms with Crippen LogP contribution in [0.2, 0.25) is 0 Å². The predicted molar refractivity (Wildman–Crippen MR) is 269 cm³/mol. The van der Waals surface area contributed by atoms with Gasteiger partial charge in [-0.15, -0.1) is 0 Å². The molecule has 0 unspecified atom stereocenters. The van der Waals surface area contributed by atoms with Crippen molar-refractivity contribution in [2.24, 2.45) is 50.2 Å². The smallest absolute Gasteiger partial charge is 0.338 e. The van der Waals surface area contributed by atoms with Crippen LogP contribution in [-0.4, -0.2) is 195 Å². The number of carbonyl (C=O) groups is 3. The molecule has 7 fully saturated rings. The number of methoxy groups -OCH3 is 2. The quantitative estimate of drug-likeness (QED) is 0.0585. The zero-order valence-corrected chi connectivity index (χ0v) is 45.9. The number of phenols is 1. The van der Waals surface area contributed by atoms with Crippen molar-refractivity contribution in [2.75, 3.05) is 27.4 Å². The van der Waals surface area contributed by atoms with Crippen molar-refractivity contribution >= 4 is 18.2 Å². The molecule has 9 rings (SSSR count). The van der Waals surface area contributed by atoms with Crippen LogP contribution in [0.4, 0.5) is 0 Å². The molecule has 1 aromatic carbocycles. The number of aromatic hydroxyl groups is 1. The molecule has 0 spiro atoms. The highest BCUT2D eigenvalue weighted by molar-refractivity contribution is 5.91. The van der Waals surface area contributed by atoms with Crippen molar-refractivity contribution in [2.45, 2.75) is 204 Å². The molecule has 0 bridgehead atoms. The Morgan fingerprint density at radius 3 is 2.00 bits per heavy atom. The Balaban J connectivity index is 0.952. The second-order valence-corrected chi connectivity index (χ2v) is 25.4. The van der Waals surface area contributed by atoms with Gasteiger partial charge in [-0.05, 0) is 111 Å². The minimum atomic E-state index is -2.05. The number of aliphatic hydroxyl groups is 8. The first-order valence-electron chi connectivity index (χ1n) is 27.4. The Bertz CT molecular complexity index is 2410. The van der Waals surface area contributed by atoms with Gasteiger partial charge in [-0.3, -0.25) is 0 Å². The minimum absolute atomic E-state index is 0.0180. The molecule has 78 heavy (non-hydrogen) atoms. The number of fused-ring (bicyclic) bond motifs is 7. The van der Waals surface area contributed by atoms with Gasteiger partial charge < -0.3 is 98.5 Å². The average molecular weight is 1110 g/mol. The fraction of sp³-hybridized carbons (Fsp3) is 0.804. The maximum Gasteiger partial charge on any atom is 0.338 e. The third kappa shape index (κ3) is 9.47. The van der Waals surface area contributed by atoms with Crippen molar-refractivity contribution in [3.05, 3.63) is 29.3 Å². The van der Waals surface area contributed by atoms with E-state index in [0.29, 0.717) is 38.5 Å². The number of carboxylic acid groups (broad SMARTS) is 1. The van der Waals surface area contributed by atoms with Gasteiger partial charge in [-0.1, -0.05) is 53.2 Å². The van der Waals surface area contributed by atoms with Gasteiger partial charge in [0.2, 0.25) is 5.75 Å². The number of carbonyl (C=O) groups excluding carboxylic acids is 2. The van der Waals surface area contributed by atoms with Crippen LogP contribution in [0.25, 0.3) is 0 Å². The summed E-state index contributed by atoms with van der Waals surface area (Å²) >= 11 is 0. The van der Waals surface area contributed by atoms with E-state index in [4.69, 9.17) is 42.6 Å². The van der Waals surface area contributed by atoms with Gasteiger partial charge in [0.25, 0.3) is 0 Å². The first-order chi connectivity index (χ1) is 36.6. The monoisotopic (exact) mass is 1110 g/mol. The summed E-state index contributed by atoms with van der Waals surface area (Å²) in [5, 5.41) is 109. The van der Waals surface area contributed by atoms with E-state index in [9.17, 15) is 65.4 Å². The lowest BCUT2D eigenvalue weighted by molar-refractivity contribution is -0.386. The molecule has 438 valence electrons. The summed E-state index contributed by atoms with van der Waals surface area (Å²) in [6, 6.07) is 2.77. The number of aliphatic hydroxyl groups excluding tert-OH is 8. The fourth-order valence-electron chi connectivity index (χ4n) is 16.0. The van der Waals surface area contributed by atoms with Crippen LogP contribution in [0.15, 0.2) is 23.8 Å². The lowest BCUT2D eigenvalue weighted by Crippen LogP contribution is -2.68. The molecule has 0 aromatic heterocycles. The summed E-state index contributed by atoms with van der Waals surface area (Å²) in [4.78, 5) is 40.3. The number of esters is 1. The van der Waals surface area contributed by atoms with Crippen LogP contribution >= 0.6 is 0 Å². The Morgan fingerprint density at radius 1 is 0.705 bits per heavy atom. The molecule has 4 saturated carbocycles. The number of ether oxygens (including phenoxy) is 9. The zero-order valence-electron chi connectivity index (χ0n) is 45.9. The zero-order chi connectivity index (χ0) is 57.0. The van der Waals surface area contributed by atoms with Crippen molar-refractivity contribution in [1.82, 2.24) is 0 Å². The number of hydrogen-bond donors (Lipinski definition) is 10. The molecular formula is C56H82O22.